The highest BCUT2D eigenvalue weighted by atomic mass is 79.9. The zero-order valence-electron chi connectivity index (χ0n) is 10.9. The van der Waals surface area contributed by atoms with Crippen LogP contribution in [0.4, 0.5) is 10.1 Å². The fraction of sp³-hybridized carbons (Fsp3) is 0.462. The molecule has 5 nitrogen and oxygen atoms in total. The molecule has 1 saturated heterocycles. The van der Waals surface area contributed by atoms with Gasteiger partial charge in [0.15, 0.2) is 0 Å². The van der Waals surface area contributed by atoms with Crippen LogP contribution in [0.5, 0.6) is 0 Å². The number of hydrogen-bond donors (Lipinski definition) is 0. The molecule has 1 heterocycles. The molecular formula is C13H14BrFN2O3. The number of hydrogen-bond acceptors (Lipinski definition) is 3. The Bertz CT molecular complexity index is 552. The first-order chi connectivity index (χ1) is 9.40. The van der Waals surface area contributed by atoms with Gasteiger partial charge in [-0.15, -0.1) is 0 Å². The molecule has 0 aromatic heterocycles. The molecule has 1 fully saturated rings. The first-order valence-electron chi connectivity index (χ1n) is 6.27. The fourth-order valence-electron chi connectivity index (χ4n) is 2.21. The summed E-state index contributed by atoms with van der Waals surface area (Å²) in [6, 6.07) is 3.03. The summed E-state index contributed by atoms with van der Waals surface area (Å²) in [5.41, 5.74) is -0.551. The third kappa shape index (κ3) is 2.98. The van der Waals surface area contributed by atoms with Crippen molar-refractivity contribution in [1.29, 1.82) is 0 Å². The van der Waals surface area contributed by atoms with Crippen LogP contribution in [0.2, 0.25) is 0 Å². The molecule has 1 aromatic carbocycles. The Morgan fingerprint density at radius 2 is 2.25 bits per heavy atom. The zero-order valence-corrected chi connectivity index (χ0v) is 12.5. The normalized spacial score (nSPS) is 22.6. The van der Waals surface area contributed by atoms with Crippen LogP contribution in [0.3, 0.4) is 0 Å². The van der Waals surface area contributed by atoms with E-state index in [2.05, 4.69) is 22.9 Å². The molecular weight excluding hydrogens is 331 g/mol. The van der Waals surface area contributed by atoms with Crippen LogP contribution in [0, 0.1) is 21.8 Å². The lowest BCUT2D eigenvalue weighted by Crippen LogP contribution is -2.43. The van der Waals surface area contributed by atoms with Gasteiger partial charge in [-0.3, -0.25) is 14.9 Å². The van der Waals surface area contributed by atoms with E-state index in [-0.39, 0.29) is 10.4 Å². The summed E-state index contributed by atoms with van der Waals surface area (Å²) in [5.74, 6) is -0.700. The van der Waals surface area contributed by atoms with Gasteiger partial charge in [-0.1, -0.05) is 22.9 Å². The number of rotatable bonds is 2. The summed E-state index contributed by atoms with van der Waals surface area (Å²) < 4.78 is 13.1. The van der Waals surface area contributed by atoms with Gasteiger partial charge in [0.05, 0.1) is 11.0 Å². The van der Waals surface area contributed by atoms with Crippen molar-refractivity contribution in [2.45, 2.75) is 18.2 Å². The van der Waals surface area contributed by atoms with E-state index < -0.39 is 22.3 Å². The molecule has 0 aliphatic carbocycles. The minimum absolute atomic E-state index is 0.0642. The quantitative estimate of drug-likeness (QED) is 0.470. The van der Waals surface area contributed by atoms with Crippen molar-refractivity contribution in [1.82, 2.24) is 4.90 Å². The zero-order chi connectivity index (χ0) is 14.9. The molecule has 1 aliphatic rings. The second-order valence-corrected chi connectivity index (χ2v) is 6.13. The van der Waals surface area contributed by atoms with Gasteiger partial charge in [0, 0.05) is 17.9 Å². The van der Waals surface area contributed by atoms with Crippen molar-refractivity contribution >= 4 is 27.5 Å². The van der Waals surface area contributed by atoms with Crippen molar-refractivity contribution in [3.05, 3.63) is 39.7 Å². The van der Waals surface area contributed by atoms with E-state index >= 15 is 0 Å². The van der Waals surface area contributed by atoms with Crippen LogP contribution in [0.25, 0.3) is 0 Å². The molecule has 0 bridgehead atoms. The standard InChI is InChI=1S/C13H14BrFN2O3/c1-8-4-5-16(7-11(8)14)13(18)10-3-2-9(15)6-12(10)17(19)20/h2-3,6,8,11H,4-5,7H2,1H3. The fourth-order valence-corrected chi connectivity index (χ4v) is 2.83. The molecule has 2 unspecified atom stereocenters. The molecule has 0 saturated carbocycles. The van der Waals surface area contributed by atoms with Gasteiger partial charge in [0.2, 0.25) is 0 Å². The molecule has 1 amide bonds. The van der Waals surface area contributed by atoms with E-state index in [9.17, 15) is 19.3 Å². The highest BCUT2D eigenvalue weighted by Crippen LogP contribution is 2.27. The topological polar surface area (TPSA) is 63.5 Å². The third-order valence-electron chi connectivity index (χ3n) is 3.54. The molecule has 0 radical (unpaired) electrons. The van der Waals surface area contributed by atoms with Gasteiger partial charge in [0.1, 0.15) is 11.4 Å². The molecule has 20 heavy (non-hydrogen) atoms. The van der Waals surface area contributed by atoms with E-state index in [0.29, 0.717) is 19.0 Å². The first-order valence-corrected chi connectivity index (χ1v) is 7.19. The predicted octanol–water partition coefficient (Wildman–Crippen LogP) is 2.98. The van der Waals surface area contributed by atoms with Gasteiger partial charge in [-0.05, 0) is 24.5 Å². The Hall–Kier alpha value is -1.50. The molecule has 0 N–H and O–H groups in total. The van der Waals surface area contributed by atoms with E-state index in [1.54, 1.807) is 4.90 Å². The van der Waals surface area contributed by atoms with Crippen molar-refractivity contribution in [3.63, 3.8) is 0 Å². The van der Waals surface area contributed by atoms with Gasteiger partial charge >= 0.3 is 0 Å². The molecule has 108 valence electrons. The second-order valence-electron chi connectivity index (χ2n) is 4.95. The van der Waals surface area contributed by atoms with Crippen LogP contribution in [0.15, 0.2) is 18.2 Å². The van der Waals surface area contributed by atoms with Crippen LogP contribution in [-0.2, 0) is 0 Å². The van der Waals surface area contributed by atoms with E-state index in [1.165, 1.54) is 6.07 Å². The summed E-state index contributed by atoms with van der Waals surface area (Å²) in [7, 11) is 0. The third-order valence-corrected chi connectivity index (χ3v) is 4.73. The van der Waals surface area contributed by atoms with Crippen molar-refractivity contribution in [3.8, 4) is 0 Å². The van der Waals surface area contributed by atoms with Crippen molar-refractivity contribution in [2.24, 2.45) is 5.92 Å². The minimum atomic E-state index is -0.728. The average molecular weight is 345 g/mol. The number of likely N-dealkylation sites (tertiary alicyclic amines) is 1. The Balaban J connectivity index is 2.27. The summed E-state index contributed by atoms with van der Waals surface area (Å²) in [6.45, 7) is 3.13. The maximum Gasteiger partial charge on any atom is 0.285 e. The lowest BCUT2D eigenvalue weighted by molar-refractivity contribution is -0.385. The SMILES string of the molecule is CC1CCN(C(=O)c2ccc(F)cc2[N+](=O)[O-])CC1Br. The molecule has 1 aliphatic heterocycles. The maximum absolute atomic E-state index is 13.1. The molecule has 2 atom stereocenters. The minimum Gasteiger partial charge on any atom is -0.337 e. The highest BCUT2D eigenvalue weighted by Gasteiger charge is 2.31. The second kappa shape index (κ2) is 5.87. The van der Waals surface area contributed by atoms with Crippen LogP contribution in [0.1, 0.15) is 23.7 Å². The summed E-state index contributed by atoms with van der Waals surface area (Å²) >= 11 is 3.51. The molecule has 0 spiro atoms. The number of amides is 1. The number of halogens is 2. The molecule has 1 aromatic rings. The highest BCUT2D eigenvalue weighted by molar-refractivity contribution is 9.09. The molecule has 7 heteroatoms. The lowest BCUT2D eigenvalue weighted by Gasteiger charge is -2.34. The summed E-state index contributed by atoms with van der Waals surface area (Å²) in [6.07, 6.45) is 0.830. The average Bonchev–Trinajstić information content (AvgIpc) is 2.41. The van der Waals surface area contributed by atoms with E-state index in [4.69, 9.17) is 0 Å². The van der Waals surface area contributed by atoms with Crippen LogP contribution >= 0.6 is 15.9 Å². The molecule has 2 rings (SSSR count). The maximum atomic E-state index is 13.1. The van der Waals surface area contributed by atoms with Gasteiger partial charge in [0.25, 0.3) is 11.6 Å². The van der Waals surface area contributed by atoms with Crippen LogP contribution in [-0.4, -0.2) is 33.6 Å². The van der Waals surface area contributed by atoms with Gasteiger partial charge in [-0.25, -0.2) is 4.39 Å². The van der Waals surface area contributed by atoms with Crippen molar-refractivity contribution < 1.29 is 14.1 Å². The van der Waals surface area contributed by atoms with E-state index in [1.807, 2.05) is 0 Å². The number of piperidine rings is 1. The number of nitro benzene ring substituents is 1. The first kappa shape index (κ1) is 14.9. The Morgan fingerprint density at radius 1 is 1.55 bits per heavy atom. The summed E-state index contributed by atoms with van der Waals surface area (Å²) in [4.78, 5) is 24.3. The number of nitrogens with zero attached hydrogens (tertiary/aromatic N) is 2. The largest absolute Gasteiger partial charge is 0.337 e. The van der Waals surface area contributed by atoms with Gasteiger partial charge in [-0.2, -0.15) is 0 Å². The Kier molecular flexibility index (Phi) is 4.37. The Labute approximate surface area is 124 Å². The van der Waals surface area contributed by atoms with Crippen molar-refractivity contribution in [2.75, 3.05) is 13.1 Å². The number of nitro groups is 1. The Morgan fingerprint density at radius 3 is 2.85 bits per heavy atom. The monoisotopic (exact) mass is 344 g/mol. The lowest BCUT2D eigenvalue weighted by atomic mass is 9.98. The number of benzene rings is 1. The van der Waals surface area contributed by atoms with E-state index in [0.717, 1.165) is 18.6 Å². The summed E-state index contributed by atoms with van der Waals surface area (Å²) in [5, 5.41) is 10.9. The van der Waals surface area contributed by atoms with Crippen LogP contribution < -0.4 is 0 Å². The predicted molar refractivity (Wildman–Crippen MR) is 75.5 cm³/mol. The number of carbonyl (C=O) groups excluding carboxylic acids is 1. The smallest absolute Gasteiger partial charge is 0.285 e. The van der Waals surface area contributed by atoms with Gasteiger partial charge < -0.3 is 4.90 Å². The number of alkyl halides is 1. The number of carbonyl (C=O) groups is 1.